The van der Waals surface area contributed by atoms with Gasteiger partial charge in [0, 0.05) is 0 Å². The zero-order chi connectivity index (χ0) is 5.58. The quantitative estimate of drug-likeness (QED) is 0.398. The first-order valence-corrected chi connectivity index (χ1v) is 2.47. The van der Waals surface area contributed by atoms with Crippen molar-refractivity contribution >= 4 is 46.7 Å². The zero-order valence-electron chi connectivity index (χ0n) is 4.54. The number of halogens is 4. The van der Waals surface area contributed by atoms with Crippen LogP contribution in [0.25, 0.3) is 0 Å². The van der Waals surface area contributed by atoms with Gasteiger partial charge in [-0.15, -0.1) is 0 Å². The number of hydrogen-bond acceptors (Lipinski definition) is 1. The van der Waals surface area contributed by atoms with Gasteiger partial charge in [-0.1, -0.05) is 34.8 Å². The Labute approximate surface area is 85.8 Å². The Morgan fingerprint density at radius 2 is 1.14 bits per heavy atom. The average Bonchev–Trinajstić information content (AvgIpc) is 1.41. The van der Waals surface area contributed by atoms with Crippen LogP contribution in [0.3, 0.4) is 0 Å². The smallest absolute Gasteiger partial charge is 1.00 e. The molecule has 1 nitrogen and oxygen atoms in total. The van der Waals surface area contributed by atoms with Gasteiger partial charge < -0.3 is 1.43 Å². The van der Waals surface area contributed by atoms with Gasteiger partial charge in [-0.25, -0.2) is 0 Å². The van der Waals surface area contributed by atoms with Crippen molar-refractivity contribution in [1.29, 1.82) is 0 Å². The van der Waals surface area contributed by atoms with Crippen LogP contribution in [0, 0.1) is 0 Å². The maximum Gasteiger partial charge on any atom is 1.00 e. The predicted molar refractivity (Wildman–Crippen MR) is 30.5 cm³/mol. The minimum Gasteiger partial charge on any atom is -1.00 e. The number of alkyl halides is 3. The second-order valence-electron chi connectivity index (χ2n) is 0.247. The Bertz CT molecular complexity index is 20.8. The van der Waals surface area contributed by atoms with E-state index in [4.69, 9.17) is 39.5 Å². The van der Waals surface area contributed by atoms with Gasteiger partial charge in [-0.05, 0) is 0 Å². The van der Waals surface area contributed by atoms with E-state index >= 15 is 0 Å². The number of hydrogen-bond donors (Lipinski definition) is 1. The Balaban J connectivity index is -0.0000000183. The normalized spacial score (nSPS) is 6.00. The maximum absolute atomic E-state index is 6.47. The van der Waals surface area contributed by atoms with Crippen LogP contribution in [0.5, 0.6) is 0 Å². The summed E-state index contributed by atoms with van der Waals surface area (Å²) < 4.78 is 5.72. The Kier molecular flexibility index (Phi) is 36.0. The van der Waals surface area contributed by atoms with Gasteiger partial charge in [0.2, 0.25) is 0 Å². The third-order valence-corrected chi connectivity index (χ3v) is 0. The van der Waals surface area contributed by atoms with E-state index in [1.807, 2.05) is 0 Å². The molecule has 0 aliphatic heterocycles. The van der Waals surface area contributed by atoms with Gasteiger partial charge in [-0.2, -0.15) is 0 Å². The van der Waals surface area contributed by atoms with Crippen molar-refractivity contribution in [2.75, 3.05) is 0 Å². The van der Waals surface area contributed by atoms with Crippen LogP contribution in [0.2, 0.25) is 0 Å². The summed E-state index contributed by atoms with van der Waals surface area (Å²) in [5.41, 5.74) is 0. The second kappa shape index (κ2) is 15.7. The third kappa shape index (κ3) is 67.7. The van der Waals surface area contributed by atoms with Crippen LogP contribution in [-0.2, 0) is 0 Å². The van der Waals surface area contributed by atoms with Crippen molar-refractivity contribution in [2.24, 2.45) is 0 Å². The summed E-state index contributed by atoms with van der Waals surface area (Å²) in [6, 6.07) is 0. The fourth-order valence-electron chi connectivity index (χ4n) is 0. The average molecular weight is 196 g/mol. The summed E-state index contributed by atoms with van der Waals surface area (Å²) >= 11 is 18.1. The summed E-state index contributed by atoms with van der Waals surface area (Å²) in [5.74, 6) is 0. The Morgan fingerprint density at radius 1 is 1.14 bits per heavy atom. The molecule has 0 aliphatic carbocycles. The van der Waals surface area contributed by atoms with Crippen LogP contribution < -0.4 is 29.6 Å². The van der Waals surface area contributed by atoms with E-state index in [1.165, 1.54) is 0 Å². The third-order valence-electron chi connectivity index (χ3n) is 0. The molecule has 0 spiro atoms. The molecular formula is CH3Cl4NaO. The number of rotatable bonds is 0. The van der Waals surface area contributed by atoms with Crippen molar-refractivity contribution < 1.29 is 35.6 Å². The Hall–Kier alpha value is 2.12. The topological polar surface area (TPSA) is 20.2 Å². The first-order chi connectivity index (χ1) is 2.73. The molecule has 0 aromatic carbocycles. The summed E-state index contributed by atoms with van der Waals surface area (Å²) in [4.78, 5) is 0. The van der Waals surface area contributed by atoms with Crippen LogP contribution in [0.1, 0.15) is 1.43 Å². The van der Waals surface area contributed by atoms with E-state index in [2.05, 4.69) is 11.9 Å². The molecule has 7 heavy (non-hydrogen) atoms. The Morgan fingerprint density at radius 3 is 1.14 bits per heavy atom. The van der Waals surface area contributed by atoms with Crippen LogP contribution in [-0.4, -0.2) is 8.95 Å². The van der Waals surface area contributed by atoms with Crippen LogP contribution in [0.15, 0.2) is 0 Å². The molecule has 42 valence electrons. The van der Waals surface area contributed by atoms with Gasteiger partial charge in [0.15, 0.2) is 4.30 Å². The van der Waals surface area contributed by atoms with Crippen molar-refractivity contribution in [3.63, 3.8) is 0 Å². The predicted octanol–water partition coefficient (Wildman–Crippen LogP) is -0.765. The van der Waals surface area contributed by atoms with Crippen LogP contribution >= 0.6 is 46.7 Å². The summed E-state index contributed by atoms with van der Waals surface area (Å²) in [6.07, 6.45) is 0. The molecule has 0 heterocycles. The van der Waals surface area contributed by atoms with Gasteiger partial charge in [0.05, 0.1) is 11.9 Å². The van der Waals surface area contributed by atoms with Gasteiger partial charge in [0.25, 0.3) is 0 Å². The first kappa shape index (κ1) is 16.1. The molecule has 0 amide bonds. The van der Waals surface area contributed by atoms with Crippen molar-refractivity contribution in [3.05, 3.63) is 0 Å². The minimum atomic E-state index is -0.750. The maximum atomic E-state index is 6.47. The molecule has 0 fully saturated rings. The van der Waals surface area contributed by atoms with Crippen molar-refractivity contribution in [3.8, 4) is 0 Å². The molecular weight excluding hydrogens is 193 g/mol. The molecule has 0 aromatic rings. The molecule has 0 aromatic heterocycles. The van der Waals surface area contributed by atoms with Crippen molar-refractivity contribution in [2.45, 2.75) is 4.30 Å². The molecule has 0 saturated heterocycles. The largest absolute Gasteiger partial charge is 1.00 e. The van der Waals surface area contributed by atoms with Gasteiger partial charge in [-0.3, -0.25) is 4.66 Å². The van der Waals surface area contributed by atoms with E-state index in [-0.39, 0.29) is 31.0 Å². The molecule has 6 heteroatoms. The molecule has 0 saturated carbocycles. The summed E-state index contributed by atoms with van der Waals surface area (Å²) in [5, 5.41) is 0. The molecule has 1 N–H and O–H groups in total. The fourth-order valence-corrected chi connectivity index (χ4v) is 0. The second-order valence-corrected chi connectivity index (χ2v) is 2.23. The monoisotopic (exact) mass is 194 g/mol. The fraction of sp³-hybridized carbons (Fsp3) is 1.00. The van der Waals surface area contributed by atoms with Gasteiger partial charge in [0.1, 0.15) is 0 Å². The first-order valence-electron chi connectivity index (χ1n) is 0.824. The molecule has 0 unspecified atom stereocenters. The van der Waals surface area contributed by atoms with E-state index in [0.717, 1.165) is 0 Å². The van der Waals surface area contributed by atoms with Crippen molar-refractivity contribution in [1.82, 2.24) is 0 Å². The summed E-state index contributed by atoms with van der Waals surface area (Å²) in [6.45, 7) is 0. The van der Waals surface area contributed by atoms with E-state index < -0.39 is 4.30 Å². The van der Waals surface area contributed by atoms with E-state index in [0.29, 0.717) is 0 Å². The molecule has 0 aliphatic rings. The molecule has 0 atom stereocenters. The van der Waals surface area contributed by atoms with Gasteiger partial charge >= 0.3 is 29.6 Å². The standard InChI is InChI=1S/CHCl3.ClHO.Na.H/c2-1(3)4;1-2;;/h1H;2H;;/q;;+1;-1. The molecule has 0 rings (SSSR count). The minimum absolute atomic E-state index is 0. The molecule has 0 radical (unpaired) electrons. The zero-order valence-corrected chi connectivity index (χ0v) is 8.56. The summed E-state index contributed by atoms with van der Waals surface area (Å²) in [7, 11) is 0. The van der Waals surface area contributed by atoms with Crippen LogP contribution in [0.4, 0.5) is 0 Å². The van der Waals surface area contributed by atoms with E-state index in [1.54, 1.807) is 0 Å². The molecule has 0 bridgehead atoms. The van der Waals surface area contributed by atoms with E-state index in [9.17, 15) is 0 Å². The SMILES string of the molecule is ClC(Cl)Cl.OCl.[H-].[Na+].